The highest BCUT2D eigenvalue weighted by molar-refractivity contribution is 6.59. The van der Waals surface area contributed by atoms with Gasteiger partial charge >= 0.3 is 13.3 Å². The van der Waals surface area contributed by atoms with Crippen molar-refractivity contribution < 1.29 is 37.5 Å². The summed E-state index contributed by atoms with van der Waals surface area (Å²) in [6.07, 6.45) is -4.08. The summed E-state index contributed by atoms with van der Waals surface area (Å²) in [7, 11) is -0.369. The van der Waals surface area contributed by atoms with Crippen molar-refractivity contribution in [3.05, 3.63) is 53.7 Å². The van der Waals surface area contributed by atoms with Gasteiger partial charge in [0.2, 0.25) is 5.88 Å². The van der Waals surface area contributed by atoms with Crippen molar-refractivity contribution in [3.63, 3.8) is 0 Å². The topological polar surface area (TPSA) is 92.1 Å². The first-order chi connectivity index (χ1) is 14.7. The van der Waals surface area contributed by atoms with E-state index in [1.54, 1.807) is 23.1 Å². The minimum atomic E-state index is -4.46. The van der Waals surface area contributed by atoms with Crippen LogP contribution in [0.15, 0.2) is 42.6 Å². The van der Waals surface area contributed by atoms with E-state index in [2.05, 4.69) is 4.98 Å². The van der Waals surface area contributed by atoms with Crippen molar-refractivity contribution in [1.29, 1.82) is 0 Å². The van der Waals surface area contributed by atoms with Crippen LogP contribution in [0, 0.1) is 0 Å². The first-order valence-electron chi connectivity index (χ1n) is 9.67. The van der Waals surface area contributed by atoms with Gasteiger partial charge in [-0.15, -0.1) is 0 Å². The number of likely N-dealkylation sites (tertiary alicyclic amines) is 1. The number of piperidine rings is 1. The molecule has 1 fully saturated rings. The molecule has 2 heterocycles. The van der Waals surface area contributed by atoms with Gasteiger partial charge in [-0.1, -0.05) is 24.3 Å². The molecule has 3 rings (SSSR count). The lowest BCUT2D eigenvalue weighted by Crippen LogP contribution is -2.45. The van der Waals surface area contributed by atoms with Gasteiger partial charge in [0.1, 0.15) is 6.10 Å². The van der Waals surface area contributed by atoms with Gasteiger partial charge in [-0.3, -0.25) is 4.79 Å². The van der Waals surface area contributed by atoms with Crippen molar-refractivity contribution >= 4 is 18.5 Å². The van der Waals surface area contributed by atoms with Gasteiger partial charge in [-0.25, -0.2) is 4.98 Å². The van der Waals surface area contributed by atoms with E-state index in [9.17, 15) is 28.0 Å². The second kappa shape index (κ2) is 9.67. The summed E-state index contributed by atoms with van der Waals surface area (Å²) in [5.74, 6) is -0.222. The third kappa shape index (κ3) is 5.55. The SMILES string of the molecule is COC(C(=O)N1CCC(Oc2ccc(C(F)(F)F)cn2)CC1)c1ccccc1B(O)O. The Morgan fingerprint density at radius 2 is 1.87 bits per heavy atom. The number of nitrogens with zero attached hydrogens (tertiary/aromatic N) is 2. The van der Waals surface area contributed by atoms with E-state index in [0.29, 0.717) is 31.5 Å². The monoisotopic (exact) mass is 438 g/mol. The minimum absolute atomic E-state index is 0.0957. The first-order valence-corrected chi connectivity index (χ1v) is 9.67. The van der Waals surface area contributed by atoms with Crippen molar-refractivity contribution in [2.45, 2.75) is 31.2 Å². The average molecular weight is 438 g/mol. The summed E-state index contributed by atoms with van der Waals surface area (Å²) < 4.78 is 48.9. The van der Waals surface area contributed by atoms with Gasteiger partial charge in [-0.2, -0.15) is 13.2 Å². The number of alkyl halides is 3. The van der Waals surface area contributed by atoms with Gasteiger partial charge in [0.05, 0.1) is 5.56 Å². The van der Waals surface area contributed by atoms with E-state index < -0.39 is 25.0 Å². The Morgan fingerprint density at radius 1 is 1.19 bits per heavy atom. The number of ether oxygens (including phenoxy) is 2. The smallest absolute Gasteiger partial charge is 0.474 e. The Kier molecular flexibility index (Phi) is 7.19. The number of rotatable bonds is 6. The van der Waals surface area contributed by atoms with Crippen LogP contribution in [0.25, 0.3) is 0 Å². The van der Waals surface area contributed by atoms with Crippen LogP contribution in [0.5, 0.6) is 5.88 Å². The summed E-state index contributed by atoms with van der Waals surface area (Å²) in [5, 5.41) is 19.1. The van der Waals surface area contributed by atoms with E-state index in [4.69, 9.17) is 9.47 Å². The number of carbonyl (C=O) groups is 1. The second-order valence-corrected chi connectivity index (χ2v) is 7.14. The van der Waals surface area contributed by atoms with Gasteiger partial charge < -0.3 is 24.4 Å². The predicted molar refractivity (Wildman–Crippen MR) is 105 cm³/mol. The molecular weight excluding hydrogens is 416 g/mol. The molecule has 1 amide bonds. The zero-order valence-corrected chi connectivity index (χ0v) is 16.7. The Bertz CT molecular complexity index is 887. The number of carbonyl (C=O) groups excluding carboxylic acids is 1. The van der Waals surface area contributed by atoms with Crippen molar-refractivity contribution in [2.24, 2.45) is 0 Å². The molecule has 1 aliphatic rings. The van der Waals surface area contributed by atoms with Crippen LogP contribution >= 0.6 is 0 Å². The molecule has 166 valence electrons. The quantitative estimate of drug-likeness (QED) is 0.665. The zero-order valence-electron chi connectivity index (χ0n) is 16.7. The number of pyridine rings is 1. The number of aromatic nitrogens is 1. The molecule has 2 N–H and O–H groups in total. The summed E-state index contributed by atoms with van der Waals surface area (Å²) >= 11 is 0. The van der Waals surface area contributed by atoms with Crippen LogP contribution in [0.4, 0.5) is 13.2 Å². The molecular formula is C20H22BF3N2O5. The van der Waals surface area contributed by atoms with Crippen LogP contribution in [0.2, 0.25) is 0 Å². The van der Waals surface area contributed by atoms with E-state index in [1.165, 1.54) is 19.2 Å². The van der Waals surface area contributed by atoms with Crippen LogP contribution in [0.1, 0.15) is 30.1 Å². The normalized spacial score (nSPS) is 16.1. The molecule has 2 aromatic rings. The molecule has 0 bridgehead atoms. The fourth-order valence-corrected chi connectivity index (χ4v) is 3.49. The Labute approximate surface area is 177 Å². The number of halogens is 3. The fraction of sp³-hybridized carbons (Fsp3) is 0.400. The maximum Gasteiger partial charge on any atom is 0.488 e. The van der Waals surface area contributed by atoms with Gasteiger partial charge in [0.25, 0.3) is 5.91 Å². The standard InChI is InChI=1S/C20H22BF3N2O5/c1-30-18(15-4-2-3-5-16(15)21(28)29)19(27)26-10-8-14(9-11-26)31-17-7-6-13(12-25-17)20(22,23)24/h2-7,12,14,18,28-29H,8-11H2,1H3. The number of amides is 1. The molecule has 11 heteroatoms. The zero-order chi connectivity index (χ0) is 22.6. The second-order valence-electron chi connectivity index (χ2n) is 7.14. The third-order valence-corrected chi connectivity index (χ3v) is 5.12. The van der Waals surface area contributed by atoms with E-state index in [0.717, 1.165) is 12.3 Å². The number of hydrogen-bond acceptors (Lipinski definition) is 6. The summed E-state index contributed by atoms with van der Waals surface area (Å²) in [4.78, 5) is 18.3. The van der Waals surface area contributed by atoms with Crippen LogP contribution in [-0.2, 0) is 15.7 Å². The number of benzene rings is 1. The lowest BCUT2D eigenvalue weighted by Gasteiger charge is -2.34. The largest absolute Gasteiger partial charge is 0.488 e. The first kappa shape index (κ1) is 23.0. The van der Waals surface area contributed by atoms with Crippen molar-refractivity contribution in [1.82, 2.24) is 9.88 Å². The Morgan fingerprint density at radius 3 is 2.42 bits per heavy atom. The molecule has 1 aromatic heterocycles. The Balaban J connectivity index is 1.60. The lowest BCUT2D eigenvalue weighted by atomic mass is 9.75. The molecule has 0 spiro atoms. The molecule has 0 aliphatic carbocycles. The molecule has 7 nitrogen and oxygen atoms in total. The molecule has 1 saturated heterocycles. The average Bonchev–Trinajstić information content (AvgIpc) is 2.75. The molecule has 0 radical (unpaired) electrons. The minimum Gasteiger partial charge on any atom is -0.474 e. The highest BCUT2D eigenvalue weighted by atomic mass is 19.4. The number of methoxy groups -OCH3 is 1. The van der Waals surface area contributed by atoms with Crippen LogP contribution in [-0.4, -0.2) is 59.3 Å². The molecule has 1 unspecified atom stereocenters. The molecule has 1 aliphatic heterocycles. The van der Waals surface area contributed by atoms with Crippen LogP contribution in [0.3, 0.4) is 0 Å². The fourth-order valence-electron chi connectivity index (χ4n) is 3.49. The van der Waals surface area contributed by atoms with Crippen molar-refractivity contribution in [2.75, 3.05) is 20.2 Å². The lowest BCUT2D eigenvalue weighted by molar-refractivity contribution is -0.144. The van der Waals surface area contributed by atoms with Crippen LogP contribution < -0.4 is 10.2 Å². The molecule has 31 heavy (non-hydrogen) atoms. The van der Waals surface area contributed by atoms with Gasteiger partial charge in [0.15, 0.2) is 6.10 Å². The summed E-state index contributed by atoms with van der Waals surface area (Å²) in [5.41, 5.74) is -0.286. The predicted octanol–water partition coefficient (Wildman–Crippen LogP) is 1.54. The number of hydrogen-bond donors (Lipinski definition) is 2. The molecule has 0 saturated carbocycles. The summed E-state index contributed by atoms with van der Waals surface area (Å²) in [6.45, 7) is 0.710. The third-order valence-electron chi connectivity index (χ3n) is 5.12. The maximum atomic E-state index is 13.0. The van der Waals surface area contributed by atoms with Gasteiger partial charge in [0, 0.05) is 45.3 Å². The van der Waals surface area contributed by atoms with E-state index >= 15 is 0 Å². The highest BCUT2D eigenvalue weighted by Gasteiger charge is 2.33. The molecule has 1 atom stereocenters. The van der Waals surface area contributed by atoms with Crippen molar-refractivity contribution in [3.8, 4) is 5.88 Å². The maximum absolute atomic E-state index is 13.0. The molecule has 1 aromatic carbocycles. The van der Waals surface area contributed by atoms with E-state index in [-0.39, 0.29) is 23.4 Å². The highest BCUT2D eigenvalue weighted by Crippen LogP contribution is 2.30. The van der Waals surface area contributed by atoms with Gasteiger partial charge in [-0.05, 0) is 17.1 Å². The Hall–Kier alpha value is -2.63. The van der Waals surface area contributed by atoms with E-state index in [1.807, 2.05) is 0 Å². The summed E-state index contributed by atoms with van der Waals surface area (Å²) in [6, 6.07) is 8.52.